The summed E-state index contributed by atoms with van der Waals surface area (Å²) in [6, 6.07) is 14.0. The summed E-state index contributed by atoms with van der Waals surface area (Å²) in [5, 5.41) is 25.0. The third-order valence-corrected chi connectivity index (χ3v) is 3.70. The molecule has 2 aromatic rings. The van der Waals surface area contributed by atoms with Crippen LogP contribution in [0.1, 0.15) is 17.0 Å². The van der Waals surface area contributed by atoms with Crippen molar-refractivity contribution in [3.8, 4) is 5.75 Å². The molecule has 0 aliphatic heterocycles. The van der Waals surface area contributed by atoms with E-state index in [1.54, 1.807) is 13.1 Å². The van der Waals surface area contributed by atoms with Gasteiger partial charge < -0.3 is 20.8 Å². The Kier molecular flexibility index (Phi) is 9.22. The van der Waals surface area contributed by atoms with Gasteiger partial charge in [-0.2, -0.15) is 0 Å². The maximum Gasteiger partial charge on any atom is 0.191 e. The van der Waals surface area contributed by atoms with Gasteiger partial charge in [-0.25, -0.2) is 4.39 Å². The Hall–Kier alpha value is -1.87. The summed E-state index contributed by atoms with van der Waals surface area (Å²) in [5.74, 6) is -0.509. The SMILES string of the molecule is CN=C(NCc1ccc(O)c(F)c1)NCC(CO)c1ccccc1.I. The van der Waals surface area contributed by atoms with Crippen LogP contribution in [0.4, 0.5) is 4.39 Å². The maximum atomic E-state index is 13.3. The van der Waals surface area contributed by atoms with E-state index in [2.05, 4.69) is 15.6 Å². The van der Waals surface area contributed by atoms with E-state index in [1.165, 1.54) is 12.1 Å². The van der Waals surface area contributed by atoms with Crippen LogP contribution in [0.3, 0.4) is 0 Å². The molecule has 2 rings (SSSR count). The zero-order valence-electron chi connectivity index (χ0n) is 13.9. The van der Waals surface area contributed by atoms with Gasteiger partial charge in [0.25, 0.3) is 0 Å². The molecule has 25 heavy (non-hydrogen) atoms. The van der Waals surface area contributed by atoms with Crippen molar-refractivity contribution in [1.82, 2.24) is 10.6 Å². The third-order valence-electron chi connectivity index (χ3n) is 3.70. The fourth-order valence-electron chi connectivity index (χ4n) is 2.30. The zero-order valence-corrected chi connectivity index (χ0v) is 16.3. The Morgan fingerprint density at radius 1 is 1.16 bits per heavy atom. The predicted molar refractivity (Wildman–Crippen MR) is 108 cm³/mol. The average molecular weight is 459 g/mol. The van der Waals surface area contributed by atoms with Gasteiger partial charge in [-0.3, -0.25) is 4.99 Å². The van der Waals surface area contributed by atoms with Crippen molar-refractivity contribution in [2.45, 2.75) is 12.5 Å². The number of phenolic OH excluding ortho intramolecular Hbond substituents is 1. The molecule has 0 aliphatic rings. The van der Waals surface area contributed by atoms with Crippen LogP contribution in [0.5, 0.6) is 5.75 Å². The Morgan fingerprint density at radius 3 is 2.48 bits per heavy atom. The quantitative estimate of drug-likeness (QED) is 0.305. The fraction of sp³-hybridized carbons (Fsp3) is 0.278. The first-order chi connectivity index (χ1) is 11.6. The number of nitrogens with one attached hydrogen (secondary N) is 2. The second kappa shape index (κ2) is 10.9. The van der Waals surface area contributed by atoms with Crippen LogP contribution in [0.25, 0.3) is 0 Å². The van der Waals surface area contributed by atoms with Crippen LogP contribution >= 0.6 is 24.0 Å². The highest BCUT2D eigenvalue weighted by Gasteiger charge is 2.11. The second-order valence-electron chi connectivity index (χ2n) is 5.38. The second-order valence-corrected chi connectivity index (χ2v) is 5.38. The van der Waals surface area contributed by atoms with E-state index in [9.17, 15) is 14.6 Å². The minimum Gasteiger partial charge on any atom is -0.505 e. The Morgan fingerprint density at radius 2 is 1.88 bits per heavy atom. The highest BCUT2D eigenvalue weighted by molar-refractivity contribution is 14.0. The molecule has 0 saturated carbocycles. The molecular weight excluding hydrogens is 436 g/mol. The van der Waals surface area contributed by atoms with Gasteiger partial charge in [-0.05, 0) is 23.3 Å². The van der Waals surface area contributed by atoms with E-state index in [0.717, 1.165) is 5.56 Å². The summed E-state index contributed by atoms with van der Waals surface area (Å²) >= 11 is 0. The molecule has 7 heteroatoms. The van der Waals surface area contributed by atoms with Crippen molar-refractivity contribution >= 4 is 29.9 Å². The molecule has 0 spiro atoms. The topological polar surface area (TPSA) is 76.9 Å². The van der Waals surface area contributed by atoms with Crippen molar-refractivity contribution in [3.05, 3.63) is 65.5 Å². The summed E-state index contributed by atoms with van der Waals surface area (Å²) in [6.45, 7) is 0.910. The van der Waals surface area contributed by atoms with Crippen molar-refractivity contribution in [3.63, 3.8) is 0 Å². The number of rotatable bonds is 6. The van der Waals surface area contributed by atoms with Crippen LogP contribution in [-0.4, -0.2) is 36.4 Å². The lowest BCUT2D eigenvalue weighted by molar-refractivity contribution is 0.265. The Bertz CT molecular complexity index is 683. The predicted octanol–water partition coefficient (Wildman–Crippen LogP) is 2.59. The van der Waals surface area contributed by atoms with Gasteiger partial charge in [0.15, 0.2) is 17.5 Å². The number of nitrogens with zero attached hydrogens (tertiary/aromatic N) is 1. The molecule has 0 bridgehead atoms. The highest BCUT2D eigenvalue weighted by Crippen LogP contribution is 2.16. The first-order valence-electron chi connectivity index (χ1n) is 7.71. The van der Waals surface area contributed by atoms with Crippen molar-refractivity contribution in [2.24, 2.45) is 4.99 Å². The Labute approximate surface area is 164 Å². The van der Waals surface area contributed by atoms with E-state index in [4.69, 9.17) is 0 Å². The van der Waals surface area contributed by atoms with Crippen molar-refractivity contribution in [2.75, 3.05) is 20.2 Å². The lowest BCUT2D eigenvalue weighted by Gasteiger charge is -2.18. The van der Waals surface area contributed by atoms with Crippen molar-refractivity contribution < 1.29 is 14.6 Å². The molecule has 1 atom stereocenters. The molecule has 0 aromatic heterocycles. The molecule has 5 nitrogen and oxygen atoms in total. The number of hydrogen-bond acceptors (Lipinski definition) is 3. The lowest BCUT2D eigenvalue weighted by Crippen LogP contribution is -2.39. The zero-order chi connectivity index (χ0) is 17.4. The number of guanidine groups is 1. The fourth-order valence-corrected chi connectivity index (χ4v) is 2.30. The molecule has 0 heterocycles. The third kappa shape index (κ3) is 6.50. The van der Waals surface area contributed by atoms with E-state index >= 15 is 0 Å². The van der Waals surface area contributed by atoms with Crippen LogP contribution in [0.15, 0.2) is 53.5 Å². The maximum absolute atomic E-state index is 13.3. The average Bonchev–Trinajstić information content (AvgIpc) is 2.62. The molecule has 0 fully saturated rings. The first kappa shape index (κ1) is 21.2. The minimum absolute atomic E-state index is 0. The largest absolute Gasteiger partial charge is 0.505 e. The molecule has 136 valence electrons. The van der Waals surface area contributed by atoms with E-state index in [0.29, 0.717) is 24.6 Å². The molecule has 0 aliphatic carbocycles. The number of aliphatic hydroxyl groups is 1. The van der Waals surface area contributed by atoms with Crippen LogP contribution in [0, 0.1) is 5.82 Å². The molecule has 0 radical (unpaired) electrons. The monoisotopic (exact) mass is 459 g/mol. The summed E-state index contributed by atoms with van der Waals surface area (Å²) in [6.07, 6.45) is 0. The summed E-state index contributed by atoms with van der Waals surface area (Å²) in [7, 11) is 1.64. The smallest absolute Gasteiger partial charge is 0.191 e. The standard InChI is InChI=1S/C18H22FN3O2.HI/c1-20-18(21-10-13-7-8-17(24)16(19)9-13)22-11-15(12-23)14-5-3-2-4-6-14;/h2-9,15,23-24H,10-12H2,1H3,(H2,20,21,22);1H. The summed E-state index contributed by atoms with van der Waals surface area (Å²) in [5.41, 5.74) is 1.73. The number of phenols is 1. The van der Waals surface area contributed by atoms with Crippen LogP contribution < -0.4 is 10.6 Å². The van der Waals surface area contributed by atoms with Gasteiger partial charge >= 0.3 is 0 Å². The van der Waals surface area contributed by atoms with Crippen LogP contribution in [-0.2, 0) is 6.54 Å². The first-order valence-corrected chi connectivity index (χ1v) is 7.71. The molecular formula is C18H23FIN3O2. The number of benzene rings is 2. The van der Waals surface area contributed by atoms with Crippen LogP contribution in [0.2, 0.25) is 0 Å². The van der Waals surface area contributed by atoms with Crippen molar-refractivity contribution in [1.29, 1.82) is 0 Å². The number of aliphatic imine (C=N–C) groups is 1. The minimum atomic E-state index is -0.651. The molecule has 1 unspecified atom stereocenters. The number of aromatic hydroxyl groups is 1. The van der Waals surface area contributed by atoms with Gasteiger partial charge in [0.1, 0.15) is 0 Å². The molecule has 0 amide bonds. The van der Waals surface area contributed by atoms with Gasteiger partial charge in [0.05, 0.1) is 6.61 Å². The van der Waals surface area contributed by atoms with E-state index in [1.807, 2.05) is 30.3 Å². The number of halogens is 2. The van der Waals surface area contributed by atoms with Gasteiger partial charge in [-0.1, -0.05) is 36.4 Å². The lowest BCUT2D eigenvalue weighted by atomic mass is 10.0. The van der Waals surface area contributed by atoms with Gasteiger partial charge in [0, 0.05) is 26.1 Å². The molecule has 0 saturated heterocycles. The van der Waals surface area contributed by atoms with E-state index < -0.39 is 5.82 Å². The van der Waals surface area contributed by atoms with E-state index in [-0.39, 0.29) is 42.3 Å². The molecule has 2 aromatic carbocycles. The summed E-state index contributed by atoms with van der Waals surface area (Å²) < 4.78 is 13.3. The molecule has 4 N–H and O–H groups in total. The van der Waals surface area contributed by atoms with Gasteiger partial charge in [-0.15, -0.1) is 24.0 Å². The number of aliphatic hydroxyl groups excluding tert-OH is 1. The Balaban J connectivity index is 0.00000312. The normalized spacial score (nSPS) is 12.2. The highest BCUT2D eigenvalue weighted by atomic mass is 127. The number of hydrogen-bond donors (Lipinski definition) is 4. The van der Waals surface area contributed by atoms with Gasteiger partial charge in [0.2, 0.25) is 0 Å². The summed E-state index contributed by atoms with van der Waals surface area (Å²) in [4.78, 5) is 4.11.